The first-order chi connectivity index (χ1) is 35.3. The van der Waals surface area contributed by atoms with Crippen molar-refractivity contribution in [2.75, 3.05) is 16.2 Å². The number of thioether (sulfide) groups is 2. The quantitative estimate of drug-likeness (QED) is 0.0168. The van der Waals surface area contributed by atoms with Crippen LogP contribution in [0.1, 0.15) is 60.4 Å². The molecule has 0 bridgehead atoms. The van der Waals surface area contributed by atoms with Gasteiger partial charge in [-0.25, -0.2) is 19.3 Å². The third kappa shape index (κ3) is 11.1. The summed E-state index contributed by atoms with van der Waals surface area (Å²) in [6.45, 7) is 5.16. The molecule has 3 amide bonds. The molecule has 4 heterocycles. The zero-order valence-corrected chi connectivity index (χ0v) is 43.0. The largest absolute Gasteiger partial charge is 0.448 e. The van der Waals surface area contributed by atoms with Crippen LogP contribution in [0.15, 0.2) is 178 Å². The molecule has 17 nitrogen and oxygen atoms in total. The van der Waals surface area contributed by atoms with Crippen LogP contribution in [-0.2, 0) is 52.1 Å². The third-order valence-electron chi connectivity index (χ3n) is 11.4. The van der Waals surface area contributed by atoms with E-state index in [9.17, 15) is 23.4 Å². The first-order valence-electron chi connectivity index (χ1n) is 22.7. The number of rotatable bonds is 17. The highest BCUT2D eigenvalue weighted by Crippen LogP contribution is 2.43. The molecule has 0 saturated carbocycles. The maximum absolute atomic E-state index is 15.0. The van der Waals surface area contributed by atoms with E-state index in [-0.39, 0.29) is 28.0 Å². The number of nitrogens with one attached hydrogen (secondary N) is 2. The minimum atomic E-state index is -1.85. The molecule has 21 heteroatoms. The van der Waals surface area contributed by atoms with Gasteiger partial charge < -0.3 is 19.6 Å². The minimum Gasteiger partial charge on any atom is -0.448 e. The molecule has 2 aliphatic rings. The molecule has 1 fully saturated rings. The fourth-order valence-corrected chi connectivity index (χ4v) is 12.8. The number of nitrogens with zero attached hydrogens (tertiary/aromatic N) is 7. The summed E-state index contributed by atoms with van der Waals surface area (Å²) in [6, 6.07) is 45.1. The number of carbonyl (C=O) groups is 4. The molecule has 2 aromatic heterocycles. The Morgan fingerprint density at radius 2 is 1.37 bits per heavy atom. The van der Waals surface area contributed by atoms with Crippen LogP contribution in [0.4, 0.5) is 9.93 Å². The maximum atomic E-state index is 15.0. The van der Waals surface area contributed by atoms with Crippen LogP contribution in [0, 0.1) is 0 Å². The van der Waals surface area contributed by atoms with Crippen LogP contribution in [0.2, 0.25) is 0 Å². The van der Waals surface area contributed by atoms with Crippen molar-refractivity contribution >= 4 is 80.4 Å². The van der Waals surface area contributed by atoms with Crippen molar-refractivity contribution < 1.29 is 37.7 Å². The lowest BCUT2D eigenvalue weighted by atomic mass is 9.80. The number of thiazole rings is 1. The van der Waals surface area contributed by atoms with Crippen LogP contribution in [-0.4, -0.2) is 91.7 Å². The number of aryl methyl sites for hydroxylation is 1. The van der Waals surface area contributed by atoms with E-state index < -0.39 is 63.4 Å². The molecule has 1 unspecified atom stereocenters. The number of amides is 3. The van der Waals surface area contributed by atoms with Crippen molar-refractivity contribution in [3.63, 3.8) is 0 Å². The number of hydrogen-bond donors (Lipinski definition) is 2. The average Bonchev–Trinajstić information content (AvgIpc) is 4.04. The van der Waals surface area contributed by atoms with Crippen LogP contribution >= 0.6 is 34.9 Å². The average molecular weight is 1050 g/mol. The van der Waals surface area contributed by atoms with Crippen LogP contribution in [0.3, 0.4) is 0 Å². The van der Waals surface area contributed by atoms with Gasteiger partial charge in [0.2, 0.25) is 10.8 Å². The molecule has 73 heavy (non-hydrogen) atoms. The van der Waals surface area contributed by atoms with Gasteiger partial charge >= 0.3 is 12.1 Å². The zero-order chi connectivity index (χ0) is 51.1. The normalized spacial score (nSPS) is 16.8. The topological polar surface area (TPSA) is 209 Å². The number of hydrogen-bond acceptors (Lipinski definition) is 16. The first-order valence-corrected chi connectivity index (χ1v) is 27.0. The number of benzene rings is 5. The second-order valence-electron chi connectivity index (χ2n) is 17.4. The van der Waals surface area contributed by atoms with E-state index in [4.69, 9.17) is 14.3 Å². The van der Waals surface area contributed by atoms with Gasteiger partial charge in [-0.2, -0.15) is 0 Å². The summed E-state index contributed by atoms with van der Waals surface area (Å²) >= 11 is 3.51. The zero-order valence-electron chi connectivity index (χ0n) is 39.7. The molecule has 0 spiro atoms. The lowest BCUT2D eigenvalue weighted by Crippen LogP contribution is -2.74. The van der Waals surface area contributed by atoms with Crippen molar-refractivity contribution in [3.8, 4) is 0 Å². The number of carbonyl (C=O) groups excluding carboxylic acids is 4. The van der Waals surface area contributed by atoms with Gasteiger partial charge in [-0.15, -0.1) is 28.2 Å². The minimum absolute atomic E-state index is 0.0173. The Morgan fingerprint density at radius 3 is 1.89 bits per heavy atom. The predicted octanol–water partition coefficient (Wildman–Crippen LogP) is 8.17. The molecule has 5 aromatic carbocycles. The molecule has 9 rings (SSSR count). The molecule has 3 atom stereocenters. The molecule has 372 valence electrons. The molecule has 0 radical (unpaired) electrons. The number of oxime groups is 1. The first kappa shape index (κ1) is 50.5. The number of β-lactam (4-membered cyclic amide) rings is 1. The number of ether oxygens (including phenoxy) is 2. The summed E-state index contributed by atoms with van der Waals surface area (Å²) < 4.78 is 27.7. The van der Waals surface area contributed by atoms with E-state index in [1.807, 2.05) is 152 Å². The van der Waals surface area contributed by atoms with Crippen molar-refractivity contribution in [2.24, 2.45) is 12.2 Å². The van der Waals surface area contributed by atoms with Crippen LogP contribution < -0.4 is 10.6 Å². The second kappa shape index (κ2) is 22.1. The predicted molar refractivity (Wildman–Crippen MR) is 279 cm³/mol. The summed E-state index contributed by atoms with van der Waals surface area (Å²) in [6.07, 6.45) is -1.64. The fraction of sp³-hybridized carbons (Fsp3) is 0.212. The Bertz CT molecular complexity index is 3060. The molecule has 2 aliphatic heterocycles. The van der Waals surface area contributed by atoms with E-state index in [0.717, 1.165) is 16.2 Å². The van der Waals surface area contributed by atoms with Gasteiger partial charge in [0.1, 0.15) is 28.4 Å². The number of aromatic nitrogens is 5. The molecular formula is C52H47N9O8S4. The molecule has 0 aliphatic carbocycles. The van der Waals surface area contributed by atoms with Gasteiger partial charge in [-0.05, 0) is 42.3 Å². The Hall–Kier alpha value is -7.46. The lowest BCUT2D eigenvalue weighted by Gasteiger charge is -2.49. The van der Waals surface area contributed by atoms with Crippen LogP contribution in [0.25, 0.3) is 0 Å². The number of tetrazole rings is 1. The fourth-order valence-electron chi connectivity index (χ4n) is 8.12. The van der Waals surface area contributed by atoms with Gasteiger partial charge in [-0.3, -0.25) is 24.0 Å². The van der Waals surface area contributed by atoms with Crippen molar-refractivity contribution in [2.45, 2.75) is 54.6 Å². The Kier molecular flexibility index (Phi) is 15.3. The van der Waals surface area contributed by atoms with Crippen molar-refractivity contribution in [1.29, 1.82) is 0 Å². The molecular weight excluding hydrogens is 1010 g/mol. The smallest absolute Gasteiger partial charge is 0.413 e. The second-order valence-corrected chi connectivity index (χ2v) is 22.2. The highest BCUT2D eigenvalue weighted by atomic mass is 32.2. The summed E-state index contributed by atoms with van der Waals surface area (Å²) in [5.74, 6) is -2.59. The standard InChI is InChI=1S/C52H47N9O8S4/c1-51(2,3)68-50(65)55-48-53-38(30-70-48)40(57-69-52(35-24-14-7-15-25-35,36-26-16-8-17-27-36)37-28-18-9-19-29-37)44(62)54-41-45(63)61-42(39(31-73(66)46(41)61)71-32-72-49-56-58-59-60(49)4)47(64)67-43(33-20-10-5-11-21-33)34-22-12-6-13-23-34/h5-30,41,43,46H,31-32H2,1-4H3,(H,54,62)(H,53,55,65)/b57-40-/t41-,46-,73?/m1/s1. The van der Waals surface area contributed by atoms with Crippen molar-refractivity contribution in [1.82, 2.24) is 35.4 Å². The third-order valence-corrected chi connectivity index (χ3v) is 16.2. The Balaban J connectivity index is 1.07. The summed E-state index contributed by atoms with van der Waals surface area (Å²) in [5.41, 5.74) is 0.680. The number of fused-ring (bicyclic) bond motifs is 1. The summed E-state index contributed by atoms with van der Waals surface area (Å²) in [5, 5.41) is 22.8. The van der Waals surface area contributed by atoms with E-state index in [1.165, 1.54) is 33.6 Å². The summed E-state index contributed by atoms with van der Waals surface area (Å²) in [4.78, 5) is 70.1. The molecule has 1 saturated heterocycles. The van der Waals surface area contributed by atoms with E-state index in [1.54, 1.807) is 27.8 Å². The van der Waals surface area contributed by atoms with Gasteiger partial charge in [0.05, 0.1) is 21.6 Å². The van der Waals surface area contributed by atoms with Gasteiger partial charge in [0, 0.05) is 34.0 Å². The number of esters is 1. The van der Waals surface area contributed by atoms with E-state index in [0.29, 0.717) is 43.0 Å². The van der Waals surface area contributed by atoms with Gasteiger partial charge in [0.15, 0.2) is 16.9 Å². The lowest BCUT2D eigenvalue weighted by molar-refractivity contribution is -0.154. The number of anilines is 1. The van der Waals surface area contributed by atoms with Crippen molar-refractivity contribution in [3.05, 3.63) is 201 Å². The van der Waals surface area contributed by atoms with Gasteiger partial charge in [0.25, 0.3) is 11.8 Å². The maximum Gasteiger partial charge on any atom is 0.413 e. The monoisotopic (exact) mass is 1050 g/mol. The highest BCUT2D eigenvalue weighted by Gasteiger charge is 2.58. The Labute approximate surface area is 435 Å². The van der Waals surface area contributed by atoms with Crippen LogP contribution in [0.5, 0.6) is 0 Å². The van der Waals surface area contributed by atoms with E-state index >= 15 is 0 Å². The SMILES string of the molecule is Cn1nnnc1SCSC1=C(C(=O)OC(c2ccccc2)c2ccccc2)N2C(=O)[C@@H](NC(=O)/C(=N\OC(c3ccccc3)(c3ccccc3)c3ccccc3)c3csc(NC(=O)OC(C)(C)C)n3)[C@H]2S(=O)C1. The highest BCUT2D eigenvalue weighted by molar-refractivity contribution is 8.18. The molecule has 7 aromatic rings. The molecule has 2 N–H and O–H groups in total. The Morgan fingerprint density at radius 1 is 0.822 bits per heavy atom. The van der Waals surface area contributed by atoms with E-state index in [2.05, 4.69) is 36.3 Å². The van der Waals surface area contributed by atoms with Gasteiger partial charge in [-0.1, -0.05) is 169 Å². The summed E-state index contributed by atoms with van der Waals surface area (Å²) in [7, 11) is -0.157.